The maximum Gasteiger partial charge on any atom is 1.00 e. The summed E-state index contributed by atoms with van der Waals surface area (Å²) in [6, 6.07) is 30.4. The van der Waals surface area contributed by atoms with Gasteiger partial charge in [-0.3, -0.25) is 4.79 Å². The minimum absolute atomic E-state index is 0. The SMILES string of the molecule is CCCC(=O)O.CN(C)c1ccc(C(=C2C=CC(=[N+](C)C)C=C2)c2ccc(N(C)C)cc2)cc1.CN(C)c1ccc2nc3ccc(=[N+](C)C)cc-3sc2c1.[Cl-].[Cl-].[Na+]. The molecule has 298 valence electrons. The molecule has 0 amide bonds. The fourth-order valence-electron chi connectivity index (χ4n) is 5.65. The number of hydrogen-bond donors (Lipinski definition) is 1. The molecule has 1 N–H and O–H groups in total. The first-order valence-electron chi connectivity index (χ1n) is 18.1. The summed E-state index contributed by atoms with van der Waals surface area (Å²) in [6.45, 7) is 1.84. The van der Waals surface area contributed by atoms with Crippen LogP contribution < -0.4 is 79.0 Å². The number of aliphatic carboxylic acids is 1. The van der Waals surface area contributed by atoms with Gasteiger partial charge in [0.25, 0.3) is 0 Å². The third-order valence-electron chi connectivity index (χ3n) is 8.86. The van der Waals surface area contributed by atoms with Crippen molar-refractivity contribution in [2.24, 2.45) is 0 Å². The second kappa shape index (κ2) is 24.1. The molecule has 0 saturated carbocycles. The fraction of sp³-hybridized carbons (Fsp3) is 0.289. The van der Waals surface area contributed by atoms with Gasteiger partial charge in [0.15, 0.2) is 5.71 Å². The molecular formula is C45H56Cl2N6NaO2S+. The monoisotopic (exact) mass is 837 g/mol. The van der Waals surface area contributed by atoms with Gasteiger partial charge in [0, 0.05) is 90.1 Å². The number of carbonyl (C=O) groups is 1. The van der Waals surface area contributed by atoms with Gasteiger partial charge in [-0.1, -0.05) is 31.2 Å². The number of carboxylic acid groups (broad SMARTS) is 1. The fourth-order valence-corrected chi connectivity index (χ4v) is 6.68. The van der Waals surface area contributed by atoms with Gasteiger partial charge in [-0.2, -0.15) is 0 Å². The summed E-state index contributed by atoms with van der Waals surface area (Å²) in [4.78, 5) is 21.9. The van der Waals surface area contributed by atoms with Crippen molar-refractivity contribution in [3.8, 4) is 10.6 Å². The number of halogens is 2. The van der Waals surface area contributed by atoms with E-state index in [2.05, 4.69) is 204 Å². The van der Waals surface area contributed by atoms with Crippen molar-refractivity contribution in [3.63, 3.8) is 0 Å². The van der Waals surface area contributed by atoms with E-state index in [-0.39, 0.29) is 54.4 Å². The zero-order valence-corrected chi connectivity index (χ0v) is 39.8. The summed E-state index contributed by atoms with van der Waals surface area (Å²) in [5.41, 5.74) is 11.9. The minimum atomic E-state index is -0.711. The Kier molecular flexibility index (Phi) is 21.6. The predicted molar refractivity (Wildman–Crippen MR) is 233 cm³/mol. The van der Waals surface area contributed by atoms with Crippen molar-refractivity contribution in [2.75, 3.05) is 85.2 Å². The van der Waals surface area contributed by atoms with Crippen LogP contribution in [0.15, 0.2) is 115 Å². The van der Waals surface area contributed by atoms with Crippen LogP contribution in [0.1, 0.15) is 30.9 Å². The van der Waals surface area contributed by atoms with Gasteiger partial charge in [0.05, 0.1) is 20.8 Å². The standard InChI is InChI=1S/C25H30N3.C16H18N3S.C4H8O2.2ClH.Na/c1-26(2)22-13-7-19(8-14-22)25(20-9-15-23(16-10-20)27(3)4)21-11-17-24(18-12-21)28(5)6;1-18(2)11-5-7-13-15(9-11)20-16-10-12(19(3)4)6-8-14(16)17-13;1-2-3-4(5)6;;;/h7-18H,1-6H3;5-10H,1-4H3;2-3H2,1H3,(H,5,6);2*1H;/q2*+1;;;;+1/p-2. The third-order valence-corrected chi connectivity index (χ3v) is 9.96. The Hall–Kier alpha value is -3.96. The van der Waals surface area contributed by atoms with Gasteiger partial charge in [-0.15, -0.1) is 11.3 Å². The summed E-state index contributed by atoms with van der Waals surface area (Å²) >= 11 is 1.80. The number of fused-ring (bicyclic) bond motifs is 2. The average Bonchev–Trinajstić information content (AvgIpc) is 3.14. The molecule has 8 nitrogen and oxygen atoms in total. The molecule has 1 heterocycles. The summed E-state index contributed by atoms with van der Waals surface area (Å²) < 4.78 is 5.47. The van der Waals surface area contributed by atoms with Crippen LogP contribution in [0.25, 0.3) is 26.4 Å². The Labute approximate surface area is 378 Å². The zero-order valence-electron chi connectivity index (χ0n) is 35.5. The van der Waals surface area contributed by atoms with Gasteiger partial charge in [0.2, 0.25) is 5.36 Å². The van der Waals surface area contributed by atoms with Gasteiger partial charge >= 0.3 is 35.5 Å². The molecule has 0 aromatic heterocycles. The molecular weight excluding hydrogens is 782 g/mol. The Bertz CT molecular complexity index is 2160. The first kappa shape index (κ1) is 51.1. The van der Waals surface area contributed by atoms with Crippen molar-refractivity contribution in [2.45, 2.75) is 19.8 Å². The van der Waals surface area contributed by atoms with Gasteiger partial charge in [0.1, 0.15) is 28.2 Å². The van der Waals surface area contributed by atoms with Crippen LogP contribution in [0.5, 0.6) is 0 Å². The maximum absolute atomic E-state index is 9.60. The quantitative estimate of drug-likeness (QED) is 0.127. The second-order valence-electron chi connectivity index (χ2n) is 14.1. The van der Waals surface area contributed by atoms with E-state index in [9.17, 15) is 4.79 Å². The first-order valence-corrected chi connectivity index (χ1v) is 18.9. The molecule has 2 aliphatic carbocycles. The van der Waals surface area contributed by atoms with Crippen LogP contribution in [-0.4, -0.2) is 96.8 Å². The summed E-state index contributed by atoms with van der Waals surface area (Å²) in [7, 11) is 20.7. The van der Waals surface area contributed by atoms with E-state index >= 15 is 0 Å². The molecule has 0 radical (unpaired) electrons. The average molecular weight is 839 g/mol. The number of anilines is 3. The number of allylic oxidation sites excluding steroid dienone is 5. The molecule has 12 heteroatoms. The smallest absolute Gasteiger partial charge is 1.00 e. The Morgan fingerprint density at radius 2 is 1.16 bits per heavy atom. The summed E-state index contributed by atoms with van der Waals surface area (Å²) in [6.07, 6.45) is 9.81. The van der Waals surface area contributed by atoms with Crippen molar-refractivity contribution < 1.29 is 68.8 Å². The van der Waals surface area contributed by atoms with E-state index in [4.69, 9.17) is 10.1 Å². The zero-order chi connectivity index (χ0) is 39.5. The van der Waals surface area contributed by atoms with Crippen LogP contribution >= 0.6 is 11.3 Å². The van der Waals surface area contributed by atoms with Crippen LogP contribution in [0.3, 0.4) is 0 Å². The molecule has 6 rings (SSSR count). The van der Waals surface area contributed by atoms with E-state index in [0.29, 0.717) is 6.42 Å². The Balaban J connectivity index is 0.000000492. The molecule has 3 aromatic rings. The first-order chi connectivity index (χ1) is 25.7. The van der Waals surface area contributed by atoms with Crippen molar-refractivity contribution in [1.29, 1.82) is 0 Å². The van der Waals surface area contributed by atoms with Gasteiger partial charge in [-0.05, 0) is 89.4 Å². The van der Waals surface area contributed by atoms with E-state index in [0.717, 1.165) is 17.6 Å². The number of rotatable bonds is 7. The van der Waals surface area contributed by atoms with Crippen molar-refractivity contribution in [3.05, 3.63) is 131 Å². The maximum atomic E-state index is 9.60. The van der Waals surface area contributed by atoms with Crippen molar-refractivity contribution >= 4 is 55.9 Å². The molecule has 0 bridgehead atoms. The predicted octanol–water partition coefficient (Wildman–Crippen LogP) is -1.16. The molecule has 57 heavy (non-hydrogen) atoms. The second-order valence-corrected chi connectivity index (χ2v) is 15.2. The number of benzene rings is 4. The normalized spacial score (nSPS) is 11.1. The van der Waals surface area contributed by atoms with E-state index in [1.165, 1.54) is 60.0 Å². The van der Waals surface area contributed by atoms with E-state index < -0.39 is 5.97 Å². The molecule has 3 aliphatic rings. The Morgan fingerprint density at radius 1 is 0.667 bits per heavy atom. The molecule has 0 fully saturated rings. The van der Waals surface area contributed by atoms with Crippen LogP contribution in [0.2, 0.25) is 0 Å². The van der Waals surface area contributed by atoms with Crippen molar-refractivity contribution in [1.82, 2.24) is 9.56 Å². The molecule has 0 unspecified atom stereocenters. The number of nitrogens with zero attached hydrogens (tertiary/aromatic N) is 6. The largest absolute Gasteiger partial charge is 1.00 e. The van der Waals surface area contributed by atoms with E-state index in [1.807, 2.05) is 6.92 Å². The number of hydrogen-bond acceptors (Lipinski definition) is 6. The van der Waals surface area contributed by atoms with Gasteiger partial charge < -0.3 is 44.6 Å². The van der Waals surface area contributed by atoms with E-state index in [1.54, 1.807) is 11.3 Å². The van der Waals surface area contributed by atoms with Crippen LogP contribution in [-0.2, 0) is 4.79 Å². The van der Waals surface area contributed by atoms with Gasteiger partial charge in [-0.25, -0.2) is 14.1 Å². The molecule has 0 atom stereocenters. The minimum Gasteiger partial charge on any atom is -1.00 e. The summed E-state index contributed by atoms with van der Waals surface area (Å²) in [5, 5.41) is 9.12. The van der Waals surface area contributed by atoms with Crippen LogP contribution in [0.4, 0.5) is 17.1 Å². The topological polar surface area (TPSA) is 65.9 Å². The molecule has 0 spiro atoms. The molecule has 3 aromatic carbocycles. The molecule has 0 saturated heterocycles. The van der Waals surface area contributed by atoms with Crippen LogP contribution in [0, 0.1) is 0 Å². The Morgan fingerprint density at radius 3 is 1.56 bits per heavy atom. The summed E-state index contributed by atoms with van der Waals surface area (Å²) in [5.74, 6) is -0.711. The third kappa shape index (κ3) is 14.4. The molecule has 1 aliphatic heterocycles. The number of aromatic nitrogens is 1. The number of carboxylic acids is 1.